The van der Waals surface area contributed by atoms with Crippen molar-refractivity contribution in [2.45, 2.75) is 177 Å². The van der Waals surface area contributed by atoms with Crippen molar-refractivity contribution >= 4 is 5.97 Å². The molecule has 0 aromatic carbocycles. The van der Waals surface area contributed by atoms with Crippen LogP contribution in [0.1, 0.15) is 116 Å². The lowest BCUT2D eigenvalue weighted by atomic mass is 9.57. The van der Waals surface area contributed by atoms with Crippen LogP contribution in [0.5, 0.6) is 0 Å². The zero-order chi connectivity index (χ0) is 53.2. The van der Waals surface area contributed by atoms with Gasteiger partial charge >= 0.3 is 5.97 Å². The van der Waals surface area contributed by atoms with Crippen LogP contribution in [0, 0.1) is 47.3 Å². The maximum atomic E-state index is 14.1. The Labute approximate surface area is 413 Å². The van der Waals surface area contributed by atoms with Gasteiger partial charge in [0.05, 0.1) is 127 Å². The van der Waals surface area contributed by atoms with Crippen LogP contribution in [0.15, 0.2) is 0 Å². The Kier molecular flexibility index (Phi) is 40.2. The number of hydrogen-bond acceptors (Lipinski definition) is 22. The van der Waals surface area contributed by atoms with Crippen LogP contribution in [0.25, 0.3) is 0 Å². The first kappa shape index (κ1) is 68.7. The maximum absolute atomic E-state index is 14.1. The summed E-state index contributed by atoms with van der Waals surface area (Å²) in [5.74, 6) is -10.4. The molecule has 420 valence electrons. The second-order valence-electron chi connectivity index (χ2n) is 19.6. The molecule has 0 aromatic heterocycles. The average molecular weight is 1030 g/mol. The van der Waals surface area contributed by atoms with Crippen LogP contribution < -0.4 is 0 Å². The van der Waals surface area contributed by atoms with E-state index in [4.69, 9.17) is 9.84 Å². The molecule has 0 aliphatic heterocycles. The standard InChI is InChI=1S/C48H96O22/c49-19-31(59)10-8-6-4-2-1-3-5-7-9-30(11-32(60)20-50)41(12-33(61)21-51)42(13-34(62)22-52)43(14-35(63)23-53)44(15-36(64)24-54)45(16-37(65)25-55)46(17-38(66)26-56)47(18-39(67)27-57)48(69)70-29-40(68)28-58/h30-47,49-68H,1-29H2. The third kappa shape index (κ3) is 28.4. The summed E-state index contributed by atoms with van der Waals surface area (Å²) in [7, 11) is 0. The number of carbonyl (C=O) groups excluding carboxylic acids is 1. The minimum absolute atomic E-state index is 0.0887. The van der Waals surface area contributed by atoms with Gasteiger partial charge in [-0.1, -0.05) is 57.8 Å². The van der Waals surface area contributed by atoms with Crippen molar-refractivity contribution in [2.75, 3.05) is 72.7 Å². The largest absolute Gasteiger partial charge is 0.463 e. The number of aliphatic hydroxyl groups excluding tert-OH is 20. The Balaban J connectivity index is 8.21. The van der Waals surface area contributed by atoms with E-state index in [1.54, 1.807) is 0 Å². The predicted octanol–water partition coefficient (Wildman–Crippen LogP) is -3.99. The number of rotatable bonds is 47. The van der Waals surface area contributed by atoms with E-state index in [2.05, 4.69) is 0 Å². The van der Waals surface area contributed by atoms with E-state index in [-0.39, 0.29) is 25.9 Å². The van der Waals surface area contributed by atoms with Crippen molar-refractivity contribution in [3.05, 3.63) is 0 Å². The molecule has 0 heterocycles. The first-order valence-electron chi connectivity index (χ1n) is 25.4. The molecule has 70 heavy (non-hydrogen) atoms. The second-order valence-corrected chi connectivity index (χ2v) is 19.6. The topological polar surface area (TPSA) is 431 Å². The quantitative estimate of drug-likeness (QED) is 0.0204. The molecule has 20 N–H and O–H groups in total. The highest BCUT2D eigenvalue weighted by atomic mass is 16.5. The maximum Gasteiger partial charge on any atom is 0.309 e. The van der Waals surface area contributed by atoms with Gasteiger partial charge in [-0.3, -0.25) is 4.79 Å². The second kappa shape index (κ2) is 41.0. The summed E-state index contributed by atoms with van der Waals surface area (Å²) in [6, 6.07) is 0. The number of unbranched alkanes of at least 4 members (excludes halogenated alkanes) is 7. The third-order valence-electron chi connectivity index (χ3n) is 13.9. The zero-order valence-corrected chi connectivity index (χ0v) is 41.2. The average Bonchev–Trinajstić information content (AvgIpc) is 3.36. The van der Waals surface area contributed by atoms with Gasteiger partial charge in [-0.25, -0.2) is 0 Å². The smallest absolute Gasteiger partial charge is 0.309 e. The summed E-state index contributed by atoms with van der Waals surface area (Å²) in [5, 5.41) is 210. The summed E-state index contributed by atoms with van der Waals surface area (Å²) in [6.07, 6.45) is -10.6. The molecule has 0 saturated heterocycles. The molecular formula is C48H96O22. The molecule has 0 aliphatic carbocycles. The molecule has 0 rings (SSSR count). The summed E-state index contributed by atoms with van der Waals surface area (Å²) >= 11 is 0. The van der Waals surface area contributed by atoms with Crippen molar-refractivity contribution in [1.29, 1.82) is 0 Å². The number of hydrogen-bond donors (Lipinski definition) is 20. The SMILES string of the molecule is O=C(OCC(O)CO)C(CC(O)CO)C(CC(O)CO)C(CC(O)CO)C(CC(O)CO)C(CC(O)CO)C(CC(O)CO)C(CC(O)CO)C(CCCCCCCCCCC(O)CO)CC(O)CO. The Morgan fingerprint density at radius 1 is 0.286 bits per heavy atom. The molecular weight excluding hydrogens is 929 g/mol. The fourth-order valence-corrected chi connectivity index (χ4v) is 10.4. The van der Waals surface area contributed by atoms with Gasteiger partial charge in [0.25, 0.3) is 0 Å². The highest BCUT2D eigenvalue weighted by molar-refractivity contribution is 5.73. The van der Waals surface area contributed by atoms with Crippen LogP contribution in [0.4, 0.5) is 0 Å². The monoisotopic (exact) mass is 1020 g/mol. The molecule has 22 heteroatoms. The molecule has 0 radical (unpaired) electrons. The Bertz CT molecular complexity index is 1230. The number of esters is 1. The van der Waals surface area contributed by atoms with Crippen LogP contribution in [0.2, 0.25) is 0 Å². The van der Waals surface area contributed by atoms with E-state index >= 15 is 0 Å². The van der Waals surface area contributed by atoms with Crippen LogP contribution in [-0.2, 0) is 9.53 Å². The fraction of sp³-hybridized carbons (Fsp3) is 0.979. The molecule has 0 aliphatic rings. The van der Waals surface area contributed by atoms with E-state index < -0.39 is 213 Å². The first-order chi connectivity index (χ1) is 33.3. The van der Waals surface area contributed by atoms with E-state index in [1.807, 2.05) is 0 Å². The van der Waals surface area contributed by atoms with Gasteiger partial charge in [-0.15, -0.1) is 0 Å². The molecule has 0 bridgehead atoms. The van der Waals surface area contributed by atoms with Gasteiger partial charge in [0.2, 0.25) is 0 Å². The Morgan fingerprint density at radius 2 is 0.557 bits per heavy atom. The molecule has 18 atom stereocenters. The minimum Gasteiger partial charge on any atom is -0.463 e. The van der Waals surface area contributed by atoms with Gasteiger partial charge in [-0.05, 0) is 99.2 Å². The van der Waals surface area contributed by atoms with Crippen LogP contribution in [-0.4, -0.2) is 242 Å². The summed E-state index contributed by atoms with van der Waals surface area (Å²) < 4.78 is 5.36. The van der Waals surface area contributed by atoms with Crippen molar-refractivity contribution in [3.8, 4) is 0 Å². The lowest BCUT2D eigenvalue weighted by molar-refractivity contribution is -0.159. The Morgan fingerprint density at radius 3 is 0.929 bits per heavy atom. The number of aliphatic hydroxyl groups is 20. The molecule has 18 unspecified atom stereocenters. The van der Waals surface area contributed by atoms with Crippen molar-refractivity contribution in [2.24, 2.45) is 47.3 Å². The molecule has 22 nitrogen and oxygen atoms in total. The molecule has 0 amide bonds. The highest BCUT2D eigenvalue weighted by Crippen LogP contribution is 2.50. The highest BCUT2D eigenvalue weighted by Gasteiger charge is 2.48. The van der Waals surface area contributed by atoms with Gasteiger partial charge < -0.3 is 107 Å². The van der Waals surface area contributed by atoms with Crippen LogP contribution in [0.3, 0.4) is 0 Å². The minimum atomic E-state index is -1.64. The van der Waals surface area contributed by atoms with E-state index in [0.717, 1.165) is 38.5 Å². The van der Waals surface area contributed by atoms with Crippen LogP contribution >= 0.6 is 0 Å². The molecule has 0 spiro atoms. The third-order valence-corrected chi connectivity index (χ3v) is 13.9. The van der Waals surface area contributed by atoms with Gasteiger partial charge in [0.15, 0.2) is 0 Å². The number of carbonyl (C=O) groups is 1. The summed E-state index contributed by atoms with van der Waals surface area (Å²) in [6.45, 7) is -8.55. The van der Waals surface area contributed by atoms with Crippen molar-refractivity contribution in [1.82, 2.24) is 0 Å². The van der Waals surface area contributed by atoms with Gasteiger partial charge in [0.1, 0.15) is 12.7 Å². The lowest BCUT2D eigenvalue weighted by Crippen LogP contribution is -2.48. The molecule has 0 aromatic rings. The zero-order valence-electron chi connectivity index (χ0n) is 41.2. The normalized spacial score (nSPS) is 20.1. The van der Waals surface area contributed by atoms with Crippen molar-refractivity contribution < 1.29 is 112 Å². The van der Waals surface area contributed by atoms with Crippen molar-refractivity contribution in [3.63, 3.8) is 0 Å². The fourth-order valence-electron chi connectivity index (χ4n) is 10.4. The first-order valence-corrected chi connectivity index (χ1v) is 25.4. The lowest BCUT2D eigenvalue weighted by Gasteiger charge is -2.49. The Hall–Kier alpha value is -1.33. The van der Waals surface area contributed by atoms with E-state index in [0.29, 0.717) is 25.7 Å². The predicted molar refractivity (Wildman–Crippen MR) is 253 cm³/mol. The summed E-state index contributed by atoms with van der Waals surface area (Å²) in [5.41, 5.74) is 0. The van der Waals surface area contributed by atoms with E-state index in [9.17, 15) is 102 Å². The molecule has 0 saturated carbocycles. The van der Waals surface area contributed by atoms with Gasteiger partial charge in [-0.2, -0.15) is 0 Å². The summed E-state index contributed by atoms with van der Waals surface area (Å²) in [4.78, 5) is 14.1. The molecule has 0 fully saturated rings. The number of ether oxygens (including phenoxy) is 1. The van der Waals surface area contributed by atoms with Gasteiger partial charge in [0, 0.05) is 0 Å². The van der Waals surface area contributed by atoms with E-state index in [1.165, 1.54) is 0 Å².